The predicted octanol–water partition coefficient (Wildman–Crippen LogP) is 5.35. The van der Waals surface area contributed by atoms with Gasteiger partial charge in [0.1, 0.15) is 0 Å². The summed E-state index contributed by atoms with van der Waals surface area (Å²) in [5.41, 5.74) is 4.85. The number of carbonyl (C=O) groups is 2. The molecule has 6 nitrogen and oxygen atoms in total. The molecule has 1 aliphatic heterocycles. The number of para-hydroxylation sites is 1. The summed E-state index contributed by atoms with van der Waals surface area (Å²) in [5, 5.41) is 1.30. The van der Waals surface area contributed by atoms with Crippen LogP contribution in [0.2, 0.25) is 5.02 Å². The van der Waals surface area contributed by atoms with Gasteiger partial charge in [-0.2, -0.15) is 0 Å². The summed E-state index contributed by atoms with van der Waals surface area (Å²) in [5.74, 6) is -0.628. The van der Waals surface area contributed by atoms with Crippen molar-refractivity contribution >= 4 is 52.0 Å². The van der Waals surface area contributed by atoms with Crippen molar-refractivity contribution in [3.8, 4) is 0 Å². The molecule has 0 saturated carbocycles. The molecule has 0 bridgehead atoms. The lowest BCUT2D eigenvalue weighted by atomic mass is 10.1. The van der Waals surface area contributed by atoms with Crippen molar-refractivity contribution in [2.24, 2.45) is 0 Å². The van der Waals surface area contributed by atoms with Gasteiger partial charge in [-0.1, -0.05) is 71.9 Å². The van der Waals surface area contributed by atoms with Gasteiger partial charge in [0.2, 0.25) is 0 Å². The predicted molar refractivity (Wildman–Crippen MR) is 139 cm³/mol. The van der Waals surface area contributed by atoms with E-state index in [2.05, 4.69) is 4.57 Å². The summed E-state index contributed by atoms with van der Waals surface area (Å²) in [4.78, 5) is 31.8. The lowest BCUT2D eigenvalue weighted by Crippen LogP contribution is -2.38. The molecular weight excluding hydrogens is 482 g/mol. The van der Waals surface area contributed by atoms with Crippen LogP contribution >= 0.6 is 23.4 Å². The van der Waals surface area contributed by atoms with Crippen LogP contribution < -0.4 is 4.90 Å². The average Bonchev–Trinajstić information content (AvgIpc) is 3.37. The minimum atomic E-state index is -0.458. The number of anilines is 1. The second-order valence-electron chi connectivity index (χ2n) is 8.49. The third kappa shape index (κ3) is 5.06. The van der Waals surface area contributed by atoms with E-state index in [1.807, 2.05) is 79.7 Å². The number of carbonyl (C=O) groups excluding carboxylic acids is 2. The van der Waals surface area contributed by atoms with Gasteiger partial charge >= 0.3 is 5.97 Å². The van der Waals surface area contributed by atoms with Gasteiger partial charge in [0.25, 0.3) is 5.91 Å². The monoisotopic (exact) mass is 505 g/mol. The molecule has 0 radical (unpaired) electrons. The van der Waals surface area contributed by atoms with Crippen LogP contribution in [0.3, 0.4) is 0 Å². The minimum Gasteiger partial charge on any atom is -0.455 e. The van der Waals surface area contributed by atoms with Crippen LogP contribution in [-0.4, -0.2) is 39.8 Å². The number of nitrogens with zero attached hydrogens (tertiary/aromatic N) is 3. The highest BCUT2D eigenvalue weighted by Crippen LogP contribution is 2.32. The molecule has 0 saturated heterocycles. The van der Waals surface area contributed by atoms with E-state index in [0.717, 1.165) is 34.3 Å². The van der Waals surface area contributed by atoms with Gasteiger partial charge in [-0.15, -0.1) is 0 Å². The molecular formula is C27H24ClN3O3S. The van der Waals surface area contributed by atoms with E-state index in [9.17, 15) is 9.59 Å². The Bertz CT molecular complexity index is 1390. The first-order valence-corrected chi connectivity index (χ1v) is 12.7. The third-order valence-electron chi connectivity index (χ3n) is 6.01. The van der Waals surface area contributed by atoms with E-state index in [0.29, 0.717) is 16.7 Å². The van der Waals surface area contributed by atoms with Gasteiger partial charge < -0.3 is 14.2 Å². The fraction of sp³-hybridized carbons (Fsp3) is 0.222. The van der Waals surface area contributed by atoms with Crippen LogP contribution in [0.4, 0.5) is 5.69 Å². The highest BCUT2D eigenvalue weighted by atomic mass is 35.5. The molecule has 35 heavy (non-hydrogen) atoms. The average molecular weight is 506 g/mol. The molecule has 0 N–H and O–H groups in total. The Kier molecular flexibility index (Phi) is 6.79. The van der Waals surface area contributed by atoms with E-state index >= 15 is 0 Å². The van der Waals surface area contributed by atoms with Gasteiger partial charge in [-0.3, -0.25) is 9.59 Å². The Morgan fingerprint density at radius 1 is 1.09 bits per heavy atom. The molecule has 0 spiro atoms. The smallest absolute Gasteiger partial charge is 0.316 e. The zero-order valence-corrected chi connectivity index (χ0v) is 20.8. The number of hydrogen-bond donors (Lipinski definition) is 0. The minimum absolute atomic E-state index is 0.0395. The van der Waals surface area contributed by atoms with E-state index in [1.54, 1.807) is 4.90 Å². The van der Waals surface area contributed by atoms with E-state index in [1.165, 1.54) is 11.8 Å². The van der Waals surface area contributed by atoms with Crippen LogP contribution in [0.5, 0.6) is 0 Å². The van der Waals surface area contributed by atoms with Crippen molar-refractivity contribution in [1.29, 1.82) is 0 Å². The Hall–Kier alpha value is -3.29. The number of amides is 1. The number of benzene rings is 3. The summed E-state index contributed by atoms with van der Waals surface area (Å²) >= 11 is 7.46. The van der Waals surface area contributed by atoms with Gasteiger partial charge in [-0.05, 0) is 48.7 Å². The number of hydrogen-bond acceptors (Lipinski definition) is 5. The highest BCUT2D eigenvalue weighted by Gasteiger charge is 2.31. The van der Waals surface area contributed by atoms with Crippen LogP contribution in [0.15, 0.2) is 78.0 Å². The zero-order valence-electron chi connectivity index (χ0n) is 19.2. The molecule has 2 heterocycles. The van der Waals surface area contributed by atoms with Crippen molar-refractivity contribution in [3.63, 3.8) is 0 Å². The second-order valence-corrected chi connectivity index (χ2v) is 9.87. The molecule has 1 aromatic heterocycles. The number of halogens is 1. The second kappa shape index (κ2) is 10.1. The molecule has 0 fully saturated rings. The van der Waals surface area contributed by atoms with Crippen LogP contribution in [0.1, 0.15) is 18.1 Å². The molecule has 8 heteroatoms. The van der Waals surface area contributed by atoms with Crippen molar-refractivity contribution in [1.82, 2.24) is 9.55 Å². The van der Waals surface area contributed by atoms with Crippen LogP contribution in [0.25, 0.3) is 11.0 Å². The Morgan fingerprint density at radius 2 is 1.86 bits per heavy atom. The fourth-order valence-corrected chi connectivity index (χ4v) is 5.41. The maximum absolute atomic E-state index is 12.8. The molecule has 1 atom stereocenters. The van der Waals surface area contributed by atoms with Crippen molar-refractivity contribution < 1.29 is 14.3 Å². The largest absolute Gasteiger partial charge is 0.455 e. The molecule has 3 aromatic carbocycles. The SMILES string of the molecule is C[C@H]1Cc2ccccc2N1C(=O)COC(=O)CSc1nc2cc(Cl)ccc2n1Cc1ccccc1. The summed E-state index contributed by atoms with van der Waals surface area (Å²) in [6.07, 6.45) is 0.799. The molecule has 5 rings (SSSR count). The van der Waals surface area contributed by atoms with E-state index in [-0.39, 0.29) is 24.3 Å². The Morgan fingerprint density at radius 3 is 2.69 bits per heavy atom. The molecule has 0 aliphatic carbocycles. The van der Waals surface area contributed by atoms with Crippen molar-refractivity contribution in [3.05, 3.63) is 88.9 Å². The van der Waals surface area contributed by atoms with Gasteiger partial charge in [0, 0.05) is 16.8 Å². The number of imidazole rings is 1. The first-order valence-electron chi connectivity index (χ1n) is 11.4. The number of rotatable bonds is 7. The first kappa shape index (κ1) is 23.5. The summed E-state index contributed by atoms with van der Waals surface area (Å²) in [6.45, 7) is 2.33. The first-order chi connectivity index (χ1) is 17.0. The highest BCUT2D eigenvalue weighted by molar-refractivity contribution is 7.99. The Labute approximate surface area is 212 Å². The van der Waals surface area contributed by atoms with Crippen molar-refractivity contribution in [2.75, 3.05) is 17.3 Å². The van der Waals surface area contributed by atoms with E-state index in [4.69, 9.17) is 21.3 Å². The van der Waals surface area contributed by atoms with E-state index < -0.39 is 5.97 Å². The van der Waals surface area contributed by atoms with Gasteiger partial charge in [0.05, 0.1) is 23.3 Å². The standard InChI is InChI=1S/C27H24ClN3O3S/c1-18-13-20-9-5-6-10-23(20)31(18)25(32)16-34-26(33)17-35-27-29-22-14-21(28)11-12-24(22)30(27)15-19-7-3-2-4-8-19/h2-12,14,18H,13,15-17H2,1H3/t18-/m0/s1. The summed E-state index contributed by atoms with van der Waals surface area (Å²) < 4.78 is 7.41. The topological polar surface area (TPSA) is 64.4 Å². The maximum Gasteiger partial charge on any atom is 0.316 e. The normalized spacial score (nSPS) is 14.8. The molecule has 1 amide bonds. The molecule has 1 aliphatic rings. The summed E-state index contributed by atoms with van der Waals surface area (Å²) in [7, 11) is 0. The number of thioether (sulfide) groups is 1. The molecule has 178 valence electrons. The molecule has 4 aromatic rings. The lowest BCUT2D eigenvalue weighted by Gasteiger charge is -2.22. The number of aromatic nitrogens is 2. The van der Waals surface area contributed by atoms with Crippen LogP contribution in [-0.2, 0) is 27.3 Å². The zero-order chi connectivity index (χ0) is 24.4. The lowest BCUT2D eigenvalue weighted by molar-refractivity contribution is -0.145. The summed E-state index contributed by atoms with van der Waals surface area (Å²) in [6, 6.07) is 23.5. The quantitative estimate of drug-likeness (QED) is 0.250. The number of esters is 1. The fourth-order valence-electron chi connectivity index (χ4n) is 4.43. The number of ether oxygens (including phenoxy) is 1. The maximum atomic E-state index is 12.8. The van der Waals surface area contributed by atoms with Crippen LogP contribution in [0, 0.1) is 0 Å². The Balaban J connectivity index is 1.25. The van der Waals surface area contributed by atoms with Gasteiger partial charge in [-0.25, -0.2) is 4.98 Å². The third-order valence-corrected chi connectivity index (χ3v) is 7.20. The number of fused-ring (bicyclic) bond motifs is 2. The van der Waals surface area contributed by atoms with Gasteiger partial charge in [0.15, 0.2) is 11.8 Å². The molecule has 0 unspecified atom stereocenters. The van der Waals surface area contributed by atoms with Crippen molar-refractivity contribution in [2.45, 2.75) is 31.1 Å².